The Labute approximate surface area is 233 Å². The molecule has 2 aliphatic rings. The molecule has 12 heteroatoms. The van der Waals surface area contributed by atoms with Gasteiger partial charge in [-0.2, -0.15) is 0 Å². The predicted octanol–water partition coefficient (Wildman–Crippen LogP) is 2.42. The van der Waals surface area contributed by atoms with Gasteiger partial charge in [-0.1, -0.05) is 44.9 Å². The van der Waals surface area contributed by atoms with Crippen LogP contribution in [0.5, 0.6) is 0 Å². The quantitative estimate of drug-likeness (QED) is 0.462. The Hall–Kier alpha value is -3.96. The van der Waals surface area contributed by atoms with E-state index in [1.165, 1.54) is 17.0 Å². The second-order valence-corrected chi connectivity index (χ2v) is 11.6. The molecule has 3 rings (SSSR count). The van der Waals surface area contributed by atoms with Crippen molar-refractivity contribution in [3.8, 4) is 0 Å². The van der Waals surface area contributed by atoms with Gasteiger partial charge in [0.15, 0.2) is 0 Å². The molecule has 3 atom stereocenters. The summed E-state index contributed by atoms with van der Waals surface area (Å²) in [7, 11) is 0. The molecule has 0 radical (unpaired) electrons. The number of amides is 5. The van der Waals surface area contributed by atoms with E-state index in [-0.39, 0.29) is 17.0 Å². The first kappa shape index (κ1) is 30.6. The van der Waals surface area contributed by atoms with Gasteiger partial charge in [0.05, 0.1) is 11.1 Å². The first-order valence-electron chi connectivity index (χ1n) is 13.4. The zero-order chi connectivity index (χ0) is 29.9. The van der Waals surface area contributed by atoms with E-state index in [0.717, 1.165) is 0 Å². The standard InChI is InChI=1S/C28H38N4O8/c1-15(2)20(30-27(38)39-28(5,6)7)25(36)31-14-10-13-19(31)22(33)29-21(16(3)4)26(37)40-32-23(34)17-11-8-9-12-18(17)24(32)35/h8-9,11-12,15-16,19-21H,10,13-14H2,1-7H3,(H,29,33)(H,30,38)/t19-,20-,21-/m0/s1. The number of fused-ring (bicyclic) bond motifs is 1. The van der Waals surface area contributed by atoms with Gasteiger partial charge in [-0.05, 0) is 57.6 Å². The molecule has 1 aromatic carbocycles. The number of hydrogen-bond acceptors (Lipinski definition) is 8. The van der Waals surface area contributed by atoms with Crippen LogP contribution in [0.4, 0.5) is 4.79 Å². The van der Waals surface area contributed by atoms with Crippen molar-refractivity contribution in [3.05, 3.63) is 35.4 Å². The summed E-state index contributed by atoms with van der Waals surface area (Å²) in [6.07, 6.45) is 0.163. The highest BCUT2D eigenvalue weighted by atomic mass is 16.7. The van der Waals surface area contributed by atoms with Crippen molar-refractivity contribution in [1.82, 2.24) is 20.6 Å². The number of nitrogens with zero attached hydrogens (tertiary/aromatic N) is 2. The number of ether oxygens (including phenoxy) is 1. The van der Waals surface area contributed by atoms with Crippen LogP contribution in [0.25, 0.3) is 0 Å². The topological polar surface area (TPSA) is 151 Å². The van der Waals surface area contributed by atoms with Crippen LogP contribution in [-0.2, 0) is 24.0 Å². The highest BCUT2D eigenvalue weighted by Gasteiger charge is 2.43. The summed E-state index contributed by atoms with van der Waals surface area (Å²) >= 11 is 0. The average Bonchev–Trinajstić information content (AvgIpc) is 3.44. The molecular weight excluding hydrogens is 520 g/mol. The largest absolute Gasteiger partial charge is 0.444 e. The minimum atomic E-state index is -1.20. The van der Waals surface area contributed by atoms with E-state index in [9.17, 15) is 28.8 Å². The molecule has 40 heavy (non-hydrogen) atoms. The van der Waals surface area contributed by atoms with Crippen molar-refractivity contribution in [1.29, 1.82) is 0 Å². The number of likely N-dealkylation sites (tertiary alicyclic amines) is 1. The van der Waals surface area contributed by atoms with Crippen molar-refractivity contribution in [2.45, 2.75) is 85.0 Å². The van der Waals surface area contributed by atoms with Gasteiger partial charge in [0.1, 0.15) is 23.7 Å². The summed E-state index contributed by atoms with van der Waals surface area (Å²) in [4.78, 5) is 84.0. The van der Waals surface area contributed by atoms with E-state index < -0.39 is 65.3 Å². The minimum absolute atomic E-state index is 0.116. The number of carbonyl (C=O) groups excluding carboxylic acids is 6. The maximum absolute atomic E-state index is 13.5. The van der Waals surface area contributed by atoms with E-state index in [1.807, 2.05) is 0 Å². The second-order valence-electron chi connectivity index (χ2n) is 11.6. The lowest BCUT2D eigenvalue weighted by Gasteiger charge is -2.32. The minimum Gasteiger partial charge on any atom is -0.444 e. The van der Waals surface area contributed by atoms with Crippen LogP contribution in [0.1, 0.15) is 82.0 Å². The van der Waals surface area contributed by atoms with Gasteiger partial charge in [-0.3, -0.25) is 19.2 Å². The molecule has 12 nitrogen and oxygen atoms in total. The number of hydrogen-bond donors (Lipinski definition) is 2. The number of hydroxylamine groups is 2. The third kappa shape index (κ3) is 6.78. The van der Waals surface area contributed by atoms with Gasteiger partial charge in [0, 0.05) is 6.54 Å². The van der Waals surface area contributed by atoms with E-state index in [2.05, 4.69) is 10.6 Å². The molecule has 0 saturated carbocycles. The fraction of sp³-hybridized carbons (Fsp3) is 0.571. The van der Waals surface area contributed by atoms with Crippen molar-refractivity contribution in [2.75, 3.05) is 6.54 Å². The van der Waals surface area contributed by atoms with Gasteiger partial charge in [0.2, 0.25) is 11.8 Å². The maximum atomic E-state index is 13.5. The lowest BCUT2D eigenvalue weighted by atomic mass is 10.0. The molecule has 1 fully saturated rings. The molecule has 1 saturated heterocycles. The zero-order valence-corrected chi connectivity index (χ0v) is 24.0. The number of alkyl carbamates (subject to hydrolysis) is 1. The van der Waals surface area contributed by atoms with Crippen molar-refractivity contribution in [2.24, 2.45) is 11.8 Å². The summed E-state index contributed by atoms with van der Waals surface area (Å²) in [5.41, 5.74) is -0.520. The van der Waals surface area contributed by atoms with Gasteiger partial charge < -0.3 is 25.1 Å². The van der Waals surface area contributed by atoms with Crippen molar-refractivity contribution < 1.29 is 38.3 Å². The average molecular weight is 559 g/mol. The van der Waals surface area contributed by atoms with Crippen LogP contribution in [0.3, 0.4) is 0 Å². The molecule has 2 heterocycles. The maximum Gasteiger partial charge on any atom is 0.408 e. The van der Waals surface area contributed by atoms with Crippen molar-refractivity contribution in [3.63, 3.8) is 0 Å². The summed E-state index contributed by atoms with van der Waals surface area (Å²) in [5.74, 6) is -4.30. The molecule has 0 spiro atoms. The third-order valence-electron chi connectivity index (χ3n) is 6.60. The molecule has 0 aliphatic carbocycles. The Balaban J connectivity index is 1.70. The Morgan fingerprint density at radius 2 is 1.45 bits per heavy atom. The number of benzene rings is 1. The van der Waals surface area contributed by atoms with Crippen LogP contribution >= 0.6 is 0 Å². The Morgan fingerprint density at radius 3 is 1.95 bits per heavy atom. The van der Waals surface area contributed by atoms with Gasteiger partial charge in [-0.15, -0.1) is 0 Å². The molecule has 0 aromatic heterocycles. The smallest absolute Gasteiger partial charge is 0.408 e. The van der Waals surface area contributed by atoms with E-state index in [4.69, 9.17) is 9.57 Å². The molecule has 0 bridgehead atoms. The highest BCUT2D eigenvalue weighted by Crippen LogP contribution is 2.24. The van der Waals surface area contributed by atoms with Crippen LogP contribution in [0, 0.1) is 11.8 Å². The summed E-state index contributed by atoms with van der Waals surface area (Å²) in [5, 5.41) is 5.65. The molecule has 0 unspecified atom stereocenters. The fourth-order valence-corrected chi connectivity index (χ4v) is 4.57. The summed E-state index contributed by atoms with van der Waals surface area (Å²) < 4.78 is 5.30. The third-order valence-corrected chi connectivity index (χ3v) is 6.60. The van der Waals surface area contributed by atoms with Crippen molar-refractivity contribution >= 4 is 35.7 Å². The normalized spacial score (nSPS) is 18.5. The predicted molar refractivity (Wildman–Crippen MR) is 143 cm³/mol. The van der Waals surface area contributed by atoms with E-state index in [1.54, 1.807) is 60.6 Å². The SMILES string of the molecule is CC(C)[C@H](NC(=O)[C@@H]1CCCN1C(=O)[C@@H](NC(=O)OC(C)(C)C)C(C)C)C(=O)ON1C(=O)c2ccccc2C1=O. The number of carbonyl (C=O) groups is 6. The van der Waals surface area contributed by atoms with Gasteiger partial charge in [-0.25, -0.2) is 9.59 Å². The van der Waals surface area contributed by atoms with Gasteiger partial charge in [0.25, 0.3) is 11.8 Å². The number of rotatable bonds is 8. The molecule has 218 valence electrons. The molecule has 1 aromatic rings. The second kappa shape index (κ2) is 12.1. The Bertz CT molecular complexity index is 1150. The van der Waals surface area contributed by atoms with Crippen LogP contribution < -0.4 is 10.6 Å². The first-order valence-corrected chi connectivity index (χ1v) is 13.4. The molecule has 2 N–H and O–H groups in total. The number of imide groups is 1. The van der Waals surface area contributed by atoms with Crippen LogP contribution in [0.15, 0.2) is 24.3 Å². The van der Waals surface area contributed by atoms with Gasteiger partial charge >= 0.3 is 12.1 Å². The summed E-state index contributed by atoms with van der Waals surface area (Å²) in [6.45, 7) is 12.3. The highest BCUT2D eigenvalue weighted by molar-refractivity contribution is 6.21. The van der Waals surface area contributed by atoms with E-state index in [0.29, 0.717) is 24.4 Å². The zero-order valence-electron chi connectivity index (χ0n) is 24.0. The number of nitrogens with one attached hydrogen (secondary N) is 2. The lowest BCUT2D eigenvalue weighted by molar-refractivity contribution is -0.173. The lowest BCUT2D eigenvalue weighted by Crippen LogP contribution is -2.57. The molecular formula is C28H38N4O8. The first-order chi connectivity index (χ1) is 18.6. The Kier molecular flexibility index (Phi) is 9.21. The Morgan fingerprint density at radius 1 is 0.900 bits per heavy atom. The fourth-order valence-electron chi connectivity index (χ4n) is 4.57. The van der Waals surface area contributed by atoms with Crippen LogP contribution in [-0.4, -0.2) is 75.9 Å². The van der Waals surface area contributed by atoms with E-state index >= 15 is 0 Å². The van der Waals surface area contributed by atoms with Crippen LogP contribution in [0.2, 0.25) is 0 Å². The molecule has 2 aliphatic heterocycles. The summed E-state index contributed by atoms with van der Waals surface area (Å²) in [6, 6.07) is 3.08. The monoisotopic (exact) mass is 558 g/mol. The molecule has 5 amide bonds.